The van der Waals surface area contributed by atoms with E-state index in [2.05, 4.69) is 0 Å². The van der Waals surface area contributed by atoms with Crippen molar-refractivity contribution in [3.63, 3.8) is 0 Å². The fraction of sp³-hybridized carbons (Fsp3) is 0.400. The van der Waals surface area contributed by atoms with Crippen LogP contribution >= 0.6 is 0 Å². The number of piperazine rings is 1. The lowest BCUT2D eigenvalue weighted by atomic mass is 10.0. The highest BCUT2D eigenvalue weighted by molar-refractivity contribution is 5.95. The number of likely N-dealkylation sites (tertiary alicyclic amines) is 1. The lowest BCUT2D eigenvalue weighted by molar-refractivity contribution is -0.137. The van der Waals surface area contributed by atoms with E-state index in [1.165, 1.54) is 5.56 Å². The van der Waals surface area contributed by atoms with Crippen LogP contribution in [0.25, 0.3) is 0 Å². The Kier molecular flexibility index (Phi) is 6.07. The predicted molar refractivity (Wildman–Crippen MR) is 118 cm³/mol. The monoisotopic (exact) mass is 419 g/mol. The molecule has 2 aliphatic rings. The number of aryl methyl sites for hydroxylation is 2. The molecule has 162 valence electrons. The van der Waals surface area contributed by atoms with Crippen molar-refractivity contribution in [1.29, 1.82) is 0 Å². The molecular weight excluding hydrogens is 390 g/mol. The van der Waals surface area contributed by atoms with E-state index in [9.17, 15) is 14.4 Å². The normalized spacial score (nSPS) is 19.1. The van der Waals surface area contributed by atoms with Gasteiger partial charge >= 0.3 is 0 Å². The number of hydrogen-bond acceptors (Lipinski definition) is 3. The van der Waals surface area contributed by atoms with E-state index in [-0.39, 0.29) is 30.1 Å². The average Bonchev–Trinajstić information content (AvgIpc) is 3.15. The molecule has 0 N–H and O–H groups in total. The molecule has 0 aliphatic carbocycles. The minimum absolute atomic E-state index is 0.0141. The molecule has 2 heterocycles. The van der Waals surface area contributed by atoms with E-state index in [4.69, 9.17) is 0 Å². The first-order valence-corrected chi connectivity index (χ1v) is 10.9. The van der Waals surface area contributed by atoms with Gasteiger partial charge in [0.1, 0.15) is 0 Å². The molecule has 2 aromatic carbocycles. The zero-order valence-corrected chi connectivity index (χ0v) is 18.2. The van der Waals surface area contributed by atoms with E-state index in [1.54, 1.807) is 4.90 Å². The van der Waals surface area contributed by atoms with Crippen molar-refractivity contribution < 1.29 is 14.4 Å². The predicted octanol–water partition coefficient (Wildman–Crippen LogP) is 2.64. The van der Waals surface area contributed by atoms with E-state index < -0.39 is 0 Å². The average molecular weight is 420 g/mol. The zero-order chi connectivity index (χ0) is 22.0. The highest BCUT2D eigenvalue weighted by atomic mass is 16.2. The zero-order valence-electron chi connectivity index (χ0n) is 18.2. The highest BCUT2D eigenvalue weighted by Crippen LogP contribution is 2.23. The summed E-state index contributed by atoms with van der Waals surface area (Å²) in [4.78, 5) is 43.7. The van der Waals surface area contributed by atoms with Gasteiger partial charge in [-0.25, -0.2) is 0 Å². The fourth-order valence-electron chi connectivity index (χ4n) is 4.34. The van der Waals surface area contributed by atoms with Crippen LogP contribution in [0.3, 0.4) is 0 Å². The Bertz CT molecular complexity index is 981. The Morgan fingerprint density at radius 1 is 0.903 bits per heavy atom. The van der Waals surface area contributed by atoms with Crippen LogP contribution in [-0.4, -0.2) is 65.1 Å². The molecule has 6 nitrogen and oxygen atoms in total. The van der Waals surface area contributed by atoms with Gasteiger partial charge in [0.2, 0.25) is 11.8 Å². The molecule has 0 bridgehead atoms. The molecule has 1 unspecified atom stereocenters. The largest absolute Gasteiger partial charge is 0.339 e. The minimum atomic E-state index is -0.293. The molecule has 0 spiro atoms. The van der Waals surface area contributed by atoms with Crippen molar-refractivity contribution in [2.45, 2.75) is 26.8 Å². The number of carbonyl (C=O) groups is 3. The van der Waals surface area contributed by atoms with Crippen molar-refractivity contribution in [3.05, 3.63) is 70.8 Å². The molecule has 0 saturated carbocycles. The first-order chi connectivity index (χ1) is 14.9. The highest BCUT2D eigenvalue weighted by Gasteiger charge is 2.37. The second kappa shape index (κ2) is 8.92. The van der Waals surface area contributed by atoms with Gasteiger partial charge in [0, 0.05) is 51.3 Å². The van der Waals surface area contributed by atoms with Crippen LogP contribution in [-0.2, 0) is 16.1 Å². The molecule has 6 heteroatoms. The van der Waals surface area contributed by atoms with Crippen LogP contribution in [0.5, 0.6) is 0 Å². The molecule has 31 heavy (non-hydrogen) atoms. The van der Waals surface area contributed by atoms with E-state index in [0.717, 1.165) is 11.1 Å². The third-order valence-corrected chi connectivity index (χ3v) is 6.41. The standard InChI is InChI=1S/C25H29N3O3/c1-18-8-9-21(14-19(18)2)24(30)26-10-12-27(13-11-26)25(31)22-15-23(29)28(17-22)16-20-6-4-3-5-7-20/h3-9,14,22H,10-13,15-17H2,1-2H3. The Morgan fingerprint density at radius 2 is 1.58 bits per heavy atom. The fourth-order valence-corrected chi connectivity index (χ4v) is 4.34. The van der Waals surface area contributed by atoms with Gasteiger partial charge < -0.3 is 14.7 Å². The molecule has 2 aliphatic heterocycles. The van der Waals surface area contributed by atoms with Crippen LogP contribution in [0.1, 0.15) is 33.5 Å². The quantitative estimate of drug-likeness (QED) is 0.766. The third kappa shape index (κ3) is 4.63. The first-order valence-electron chi connectivity index (χ1n) is 10.9. The van der Waals surface area contributed by atoms with Gasteiger partial charge in [-0.2, -0.15) is 0 Å². The molecule has 1 atom stereocenters. The maximum absolute atomic E-state index is 13.0. The molecule has 2 aromatic rings. The van der Waals surface area contributed by atoms with Crippen molar-refractivity contribution in [3.8, 4) is 0 Å². The summed E-state index contributed by atoms with van der Waals surface area (Å²) in [7, 11) is 0. The molecule has 2 fully saturated rings. The Labute approximate surface area is 183 Å². The third-order valence-electron chi connectivity index (χ3n) is 6.41. The SMILES string of the molecule is Cc1ccc(C(=O)N2CCN(C(=O)C3CC(=O)N(Cc4ccccc4)C3)CC2)cc1C. The lowest BCUT2D eigenvalue weighted by Crippen LogP contribution is -2.52. The van der Waals surface area contributed by atoms with Gasteiger partial charge in [-0.1, -0.05) is 36.4 Å². The molecule has 4 rings (SSSR count). The number of nitrogens with zero attached hydrogens (tertiary/aromatic N) is 3. The van der Waals surface area contributed by atoms with Gasteiger partial charge in [-0.05, 0) is 42.7 Å². The van der Waals surface area contributed by atoms with Crippen LogP contribution < -0.4 is 0 Å². The van der Waals surface area contributed by atoms with E-state index >= 15 is 0 Å². The Hall–Kier alpha value is -3.15. The number of rotatable bonds is 4. The van der Waals surface area contributed by atoms with Crippen LogP contribution in [0.4, 0.5) is 0 Å². The first kappa shape index (κ1) is 21.1. The second-order valence-electron chi connectivity index (χ2n) is 8.58. The number of amides is 3. The maximum atomic E-state index is 13.0. The number of benzene rings is 2. The molecular formula is C25H29N3O3. The van der Waals surface area contributed by atoms with Gasteiger partial charge in [0.15, 0.2) is 0 Å². The summed E-state index contributed by atoms with van der Waals surface area (Å²) in [5, 5.41) is 0. The maximum Gasteiger partial charge on any atom is 0.253 e. The van der Waals surface area contributed by atoms with Gasteiger partial charge in [-0.3, -0.25) is 14.4 Å². The summed E-state index contributed by atoms with van der Waals surface area (Å²) in [5.74, 6) is -0.216. The van der Waals surface area contributed by atoms with Crippen LogP contribution in [0.15, 0.2) is 48.5 Å². The summed E-state index contributed by atoms with van der Waals surface area (Å²) in [5.41, 5.74) is 4.04. The van der Waals surface area contributed by atoms with Gasteiger partial charge in [-0.15, -0.1) is 0 Å². The van der Waals surface area contributed by atoms with Crippen molar-refractivity contribution in [2.24, 2.45) is 5.92 Å². The molecule has 0 radical (unpaired) electrons. The molecule has 2 saturated heterocycles. The summed E-state index contributed by atoms with van der Waals surface area (Å²) < 4.78 is 0. The molecule has 0 aromatic heterocycles. The second-order valence-corrected chi connectivity index (χ2v) is 8.58. The van der Waals surface area contributed by atoms with E-state index in [1.807, 2.05) is 72.2 Å². The number of carbonyl (C=O) groups excluding carboxylic acids is 3. The van der Waals surface area contributed by atoms with Crippen molar-refractivity contribution in [2.75, 3.05) is 32.7 Å². The van der Waals surface area contributed by atoms with Gasteiger partial charge in [0.25, 0.3) is 5.91 Å². The summed E-state index contributed by atoms with van der Waals surface area (Å²) in [6.07, 6.45) is 0.271. The summed E-state index contributed by atoms with van der Waals surface area (Å²) in [6.45, 7) is 7.11. The van der Waals surface area contributed by atoms with Gasteiger partial charge in [0.05, 0.1) is 5.92 Å². The van der Waals surface area contributed by atoms with Crippen molar-refractivity contribution in [1.82, 2.24) is 14.7 Å². The Balaban J connectivity index is 1.31. The summed E-state index contributed by atoms with van der Waals surface area (Å²) in [6, 6.07) is 15.6. The minimum Gasteiger partial charge on any atom is -0.339 e. The summed E-state index contributed by atoms with van der Waals surface area (Å²) >= 11 is 0. The van der Waals surface area contributed by atoms with Crippen LogP contribution in [0, 0.1) is 19.8 Å². The smallest absolute Gasteiger partial charge is 0.253 e. The lowest BCUT2D eigenvalue weighted by Gasteiger charge is -2.36. The van der Waals surface area contributed by atoms with Crippen molar-refractivity contribution >= 4 is 17.7 Å². The Morgan fingerprint density at radius 3 is 2.26 bits per heavy atom. The topological polar surface area (TPSA) is 60.9 Å². The molecule has 3 amide bonds. The van der Waals surface area contributed by atoms with E-state index in [0.29, 0.717) is 44.8 Å². The number of hydrogen-bond donors (Lipinski definition) is 0. The van der Waals surface area contributed by atoms with Crippen LogP contribution in [0.2, 0.25) is 0 Å².